The van der Waals surface area contributed by atoms with Gasteiger partial charge in [0.1, 0.15) is 0 Å². The number of rotatable bonds is 5. The average molecular weight is 308 g/mol. The molecule has 0 saturated heterocycles. The van der Waals surface area contributed by atoms with Gasteiger partial charge < -0.3 is 5.32 Å². The summed E-state index contributed by atoms with van der Waals surface area (Å²) in [6.07, 6.45) is 1.07. The van der Waals surface area contributed by atoms with E-state index >= 15 is 0 Å². The quantitative estimate of drug-likeness (QED) is 0.780. The lowest BCUT2D eigenvalue weighted by Gasteiger charge is -2.21. The van der Waals surface area contributed by atoms with E-state index in [1.54, 1.807) is 0 Å². The molecular weight excluding hydrogens is 289 g/mol. The lowest BCUT2D eigenvalue weighted by atomic mass is 9.97. The molecule has 1 N–H and O–H groups in total. The fraction of sp³-hybridized carbons (Fsp3) is 0.294. The van der Waals surface area contributed by atoms with Crippen molar-refractivity contribution in [3.8, 4) is 0 Å². The van der Waals surface area contributed by atoms with Crippen molar-refractivity contribution in [1.82, 2.24) is 5.32 Å². The van der Waals surface area contributed by atoms with Crippen LogP contribution in [0.15, 0.2) is 42.5 Å². The van der Waals surface area contributed by atoms with Gasteiger partial charge >= 0.3 is 0 Å². The van der Waals surface area contributed by atoms with Gasteiger partial charge in [-0.3, -0.25) is 0 Å². The van der Waals surface area contributed by atoms with Crippen LogP contribution in [0.4, 0.5) is 0 Å². The first-order chi connectivity index (χ1) is 9.61. The SMILES string of the molecule is CCCNC(c1cccc(C)c1)c1cc(Cl)ccc1Cl. The molecule has 0 fully saturated rings. The highest BCUT2D eigenvalue weighted by atomic mass is 35.5. The minimum atomic E-state index is 0.0704. The summed E-state index contributed by atoms with van der Waals surface area (Å²) >= 11 is 12.5. The highest BCUT2D eigenvalue weighted by Gasteiger charge is 2.16. The molecule has 106 valence electrons. The fourth-order valence-electron chi connectivity index (χ4n) is 2.28. The summed E-state index contributed by atoms with van der Waals surface area (Å²) in [4.78, 5) is 0. The molecule has 0 radical (unpaired) electrons. The van der Waals surface area contributed by atoms with Crippen molar-refractivity contribution in [2.45, 2.75) is 26.3 Å². The second-order valence-corrected chi connectivity index (χ2v) is 5.81. The third-order valence-corrected chi connectivity index (χ3v) is 3.82. The van der Waals surface area contributed by atoms with Gasteiger partial charge in [-0.2, -0.15) is 0 Å². The van der Waals surface area contributed by atoms with E-state index in [9.17, 15) is 0 Å². The molecule has 0 amide bonds. The Labute approximate surface area is 130 Å². The van der Waals surface area contributed by atoms with Crippen molar-refractivity contribution in [3.63, 3.8) is 0 Å². The second-order valence-electron chi connectivity index (χ2n) is 4.97. The zero-order valence-electron chi connectivity index (χ0n) is 11.8. The van der Waals surface area contributed by atoms with Crippen molar-refractivity contribution in [2.75, 3.05) is 6.54 Å². The Kier molecular flexibility index (Phi) is 5.47. The molecule has 0 aliphatic rings. The Hall–Kier alpha value is -1.02. The minimum Gasteiger partial charge on any atom is -0.306 e. The maximum atomic E-state index is 6.36. The molecular formula is C17H19Cl2N. The van der Waals surface area contributed by atoms with Gasteiger partial charge in [-0.05, 0) is 49.2 Å². The number of aryl methyl sites for hydroxylation is 1. The van der Waals surface area contributed by atoms with Crippen LogP contribution in [-0.4, -0.2) is 6.54 Å². The maximum Gasteiger partial charge on any atom is 0.0592 e. The Morgan fingerprint density at radius 3 is 2.60 bits per heavy atom. The van der Waals surface area contributed by atoms with E-state index in [-0.39, 0.29) is 6.04 Å². The number of hydrogen-bond acceptors (Lipinski definition) is 1. The molecule has 2 aromatic carbocycles. The summed E-state index contributed by atoms with van der Waals surface area (Å²) in [7, 11) is 0. The standard InChI is InChI=1S/C17H19Cl2N/c1-3-9-20-17(13-6-4-5-12(2)10-13)15-11-14(18)7-8-16(15)19/h4-8,10-11,17,20H,3,9H2,1-2H3. The predicted octanol–water partition coefficient (Wildman–Crippen LogP) is 5.39. The number of benzene rings is 2. The molecule has 0 bridgehead atoms. The van der Waals surface area contributed by atoms with E-state index in [2.05, 4.69) is 43.4 Å². The summed E-state index contributed by atoms with van der Waals surface area (Å²) in [6, 6.07) is 14.2. The van der Waals surface area contributed by atoms with Gasteiger partial charge in [0.2, 0.25) is 0 Å². The molecule has 2 aromatic rings. The fourth-order valence-corrected chi connectivity index (χ4v) is 2.69. The van der Waals surface area contributed by atoms with Crippen LogP contribution in [-0.2, 0) is 0 Å². The van der Waals surface area contributed by atoms with Crippen LogP contribution in [0.2, 0.25) is 10.0 Å². The van der Waals surface area contributed by atoms with Gasteiger partial charge in [-0.15, -0.1) is 0 Å². The Morgan fingerprint density at radius 1 is 1.10 bits per heavy atom. The molecule has 3 heteroatoms. The largest absolute Gasteiger partial charge is 0.306 e. The zero-order valence-corrected chi connectivity index (χ0v) is 13.3. The van der Waals surface area contributed by atoms with E-state index in [0.717, 1.165) is 23.6 Å². The van der Waals surface area contributed by atoms with Crippen LogP contribution < -0.4 is 5.32 Å². The summed E-state index contributed by atoms with van der Waals surface area (Å²) in [5.74, 6) is 0. The molecule has 1 atom stereocenters. The van der Waals surface area contributed by atoms with Crippen LogP contribution in [0.5, 0.6) is 0 Å². The van der Waals surface area contributed by atoms with Gasteiger partial charge in [0.15, 0.2) is 0 Å². The van der Waals surface area contributed by atoms with Gasteiger partial charge in [0.25, 0.3) is 0 Å². The summed E-state index contributed by atoms with van der Waals surface area (Å²) < 4.78 is 0. The first-order valence-electron chi connectivity index (χ1n) is 6.86. The molecule has 1 nitrogen and oxygen atoms in total. The molecule has 0 saturated carbocycles. The molecule has 2 rings (SSSR count). The smallest absolute Gasteiger partial charge is 0.0592 e. The molecule has 0 aliphatic carbocycles. The van der Waals surface area contributed by atoms with Crippen molar-refractivity contribution in [1.29, 1.82) is 0 Å². The van der Waals surface area contributed by atoms with E-state index < -0.39 is 0 Å². The predicted molar refractivity (Wildman–Crippen MR) is 87.8 cm³/mol. The molecule has 0 heterocycles. The second kappa shape index (κ2) is 7.12. The highest BCUT2D eigenvalue weighted by molar-refractivity contribution is 6.33. The van der Waals surface area contributed by atoms with Crippen LogP contribution in [0.1, 0.15) is 36.1 Å². The van der Waals surface area contributed by atoms with Crippen LogP contribution in [0.25, 0.3) is 0 Å². The monoisotopic (exact) mass is 307 g/mol. The summed E-state index contributed by atoms with van der Waals surface area (Å²) in [5.41, 5.74) is 3.48. The van der Waals surface area contributed by atoms with Gasteiger partial charge in [0, 0.05) is 10.0 Å². The van der Waals surface area contributed by atoms with Crippen LogP contribution >= 0.6 is 23.2 Å². The van der Waals surface area contributed by atoms with E-state index in [0.29, 0.717) is 5.02 Å². The lowest BCUT2D eigenvalue weighted by Crippen LogP contribution is -2.23. The molecule has 0 aromatic heterocycles. The van der Waals surface area contributed by atoms with Crippen molar-refractivity contribution < 1.29 is 0 Å². The Morgan fingerprint density at radius 2 is 1.90 bits per heavy atom. The van der Waals surface area contributed by atoms with Gasteiger partial charge in [-0.1, -0.05) is 60.0 Å². The molecule has 0 aliphatic heterocycles. The number of nitrogens with one attached hydrogen (secondary N) is 1. The van der Waals surface area contributed by atoms with E-state index in [4.69, 9.17) is 23.2 Å². The normalized spacial score (nSPS) is 12.4. The van der Waals surface area contributed by atoms with Gasteiger partial charge in [0.05, 0.1) is 6.04 Å². The van der Waals surface area contributed by atoms with Crippen molar-refractivity contribution in [2.24, 2.45) is 0 Å². The van der Waals surface area contributed by atoms with Crippen molar-refractivity contribution in [3.05, 3.63) is 69.2 Å². The highest BCUT2D eigenvalue weighted by Crippen LogP contribution is 2.31. The lowest BCUT2D eigenvalue weighted by molar-refractivity contribution is 0.598. The third-order valence-electron chi connectivity index (χ3n) is 3.24. The first kappa shape index (κ1) is 15.4. The molecule has 0 spiro atoms. The van der Waals surface area contributed by atoms with E-state index in [1.807, 2.05) is 18.2 Å². The topological polar surface area (TPSA) is 12.0 Å². The zero-order chi connectivity index (χ0) is 14.5. The van der Waals surface area contributed by atoms with Crippen LogP contribution in [0, 0.1) is 6.92 Å². The van der Waals surface area contributed by atoms with E-state index in [1.165, 1.54) is 11.1 Å². The Balaban J connectivity index is 2.44. The van der Waals surface area contributed by atoms with Gasteiger partial charge in [-0.25, -0.2) is 0 Å². The summed E-state index contributed by atoms with van der Waals surface area (Å²) in [5, 5.41) is 5.00. The number of hydrogen-bond donors (Lipinski definition) is 1. The minimum absolute atomic E-state index is 0.0704. The summed E-state index contributed by atoms with van der Waals surface area (Å²) in [6.45, 7) is 5.18. The van der Waals surface area contributed by atoms with Crippen molar-refractivity contribution >= 4 is 23.2 Å². The average Bonchev–Trinajstić information content (AvgIpc) is 2.43. The number of halogens is 2. The molecule has 1 unspecified atom stereocenters. The Bertz CT molecular complexity index is 581. The van der Waals surface area contributed by atoms with Crippen LogP contribution in [0.3, 0.4) is 0 Å². The third kappa shape index (κ3) is 3.76. The molecule has 20 heavy (non-hydrogen) atoms. The first-order valence-corrected chi connectivity index (χ1v) is 7.62. The maximum absolute atomic E-state index is 6.36.